The molecular weight excluding hydrogens is 642 g/mol. The van der Waals surface area contributed by atoms with Gasteiger partial charge < -0.3 is 28.0 Å². The predicted octanol–water partition coefficient (Wildman–Crippen LogP) is 8.47. The van der Waals surface area contributed by atoms with Crippen molar-refractivity contribution in [2.75, 3.05) is 53.1 Å². The maximum atomic E-state index is 12.1. The molecule has 2 aliphatic heterocycles. The quantitative estimate of drug-likeness (QED) is 0.0430. The number of benzene rings is 1. The Kier molecular flexibility index (Phi) is 23.4. The molecule has 0 N–H and O–H groups in total. The van der Waals surface area contributed by atoms with Gasteiger partial charge in [0.25, 0.3) is 0 Å². The number of hydrogen-bond acceptors (Lipinski definition) is 8. The van der Waals surface area contributed by atoms with E-state index in [4.69, 9.17) is 18.9 Å². The van der Waals surface area contributed by atoms with Crippen molar-refractivity contribution in [1.29, 1.82) is 0 Å². The first-order valence-electron chi connectivity index (χ1n) is 19.5. The van der Waals surface area contributed by atoms with Crippen molar-refractivity contribution in [2.24, 2.45) is 0 Å². The number of nitrogens with zero attached hydrogens (tertiary/aromatic N) is 1. The lowest BCUT2D eigenvalue weighted by atomic mass is 10.0. The summed E-state index contributed by atoms with van der Waals surface area (Å²) in [5.74, 6) is -0.105. The minimum Gasteiger partial charge on any atom is -0.744 e. The van der Waals surface area contributed by atoms with Crippen molar-refractivity contribution in [3.8, 4) is 0 Å². The fourth-order valence-electron chi connectivity index (χ4n) is 6.34. The molecular formula is C39H69NO8S. The van der Waals surface area contributed by atoms with Gasteiger partial charge in [-0.05, 0) is 51.2 Å². The number of rotatable bonds is 25. The molecule has 9 nitrogen and oxygen atoms in total. The van der Waals surface area contributed by atoms with Crippen molar-refractivity contribution >= 4 is 16.1 Å². The van der Waals surface area contributed by atoms with Crippen LogP contribution in [0.2, 0.25) is 0 Å². The zero-order valence-corrected chi connectivity index (χ0v) is 32.0. The van der Waals surface area contributed by atoms with Crippen molar-refractivity contribution in [1.82, 2.24) is 0 Å². The molecule has 284 valence electrons. The zero-order chi connectivity index (χ0) is 35.6. The minimum atomic E-state index is -4.27. The van der Waals surface area contributed by atoms with Gasteiger partial charge in [-0.2, -0.15) is 0 Å². The Morgan fingerprint density at radius 3 is 1.90 bits per heavy atom. The van der Waals surface area contributed by atoms with Crippen molar-refractivity contribution < 1.29 is 41.2 Å². The third-order valence-corrected chi connectivity index (χ3v) is 10.6. The Hall–Kier alpha value is -1.56. The normalized spacial score (nSPS) is 18.9. The molecule has 0 aliphatic carbocycles. The van der Waals surface area contributed by atoms with E-state index in [1.54, 1.807) is 12.1 Å². The third-order valence-electron chi connectivity index (χ3n) is 9.73. The number of morpholine rings is 1. The molecule has 0 bridgehead atoms. The Labute approximate surface area is 299 Å². The van der Waals surface area contributed by atoms with Crippen LogP contribution in [0.4, 0.5) is 0 Å². The molecule has 0 saturated carbocycles. The van der Waals surface area contributed by atoms with E-state index >= 15 is 0 Å². The van der Waals surface area contributed by atoms with Gasteiger partial charge in [-0.1, -0.05) is 115 Å². The molecule has 2 atom stereocenters. The predicted molar refractivity (Wildman–Crippen MR) is 194 cm³/mol. The average molecular weight is 712 g/mol. The number of carbonyl (C=O) groups excluding carboxylic acids is 1. The van der Waals surface area contributed by atoms with Crippen LogP contribution in [0.1, 0.15) is 141 Å². The van der Waals surface area contributed by atoms with Crippen LogP contribution < -0.4 is 0 Å². The third kappa shape index (κ3) is 22.1. The summed E-state index contributed by atoms with van der Waals surface area (Å²) >= 11 is 0. The summed E-state index contributed by atoms with van der Waals surface area (Å²) in [4.78, 5) is 11.9. The lowest BCUT2D eigenvalue weighted by Crippen LogP contribution is -2.52. The van der Waals surface area contributed by atoms with Crippen molar-refractivity contribution in [3.05, 3.63) is 29.8 Å². The number of likely N-dealkylation sites (N-methyl/N-ethyl adjacent to an activating group) is 1. The van der Waals surface area contributed by atoms with E-state index in [1.165, 1.54) is 109 Å². The van der Waals surface area contributed by atoms with Gasteiger partial charge in [-0.25, -0.2) is 8.42 Å². The van der Waals surface area contributed by atoms with E-state index in [2.05, 4.69) is 14.0 Å². The molecule has 0 spiro atoms. The largest absolute Gasteiger partial charge is 0.744 e. The van der Waals surface area contributed by atoms with Gasteiger partial charge in [-0.3, -0.25) is 4.79 Å². The lowest BCUT2D eigenvalue weighted by Gasteiger charge is -2.37. The van der Waals surface area contributed by atoms with E-state index in [1.807, 2.05) is 6.92 Å². The number of unbranched alkanes of at least 4 members (excludes halogenated alkanes) is 16. The van der Waals surface area contributed by atoms with Crippen LogP contribution >= 0.6 is 0 Å². The first-order valence-corrected chi connectivity index (χ1v) is 20.9. The van der Waals surface area contributed by atoms with E-state index in [-0.39, 0.29) is 23.3 Å². The van der Waals surface area contributed by atoms with E-state index in [9.17, 15) is 17.8 Å². The molecule has 10 heteroatoms. The molecule has 3 rings (SSSR count). The highest BCUT2D eigenvalue weighted by Gasteiger charge is 2.27. The number of quaternary nitrogens is 1. The molecule has 2 fully saturated rings. The monoisotopic (exact) mass is 711 g/mol. The fraction of sp³-hybridized carbons (Fsp3) is 0.821. The maximum absolute atomic E-state index is 12.1. The standard InChI is InChI=1S/C32H62NO5.C7H8O3S/c1-3-4-5-6-7-8-9-10-11-12-13-14-15-16-19-22-32-37-29-30(38-32)28-36-31(34)21-18-17-20-23-33(2)24-26-35-27-25-33;1-6-2-4-7(5-3-6)11(8,9)10/h30,32H,3-29H2,1-2H3;2-5H,1H3,(H,8,9,10)/q+1;/p-1/t30-,32-;/m0./s1. The highest BCUT2D eigenvalue weighted by atomic mass is 32.2. The number of ether oxygens (including phenoxy) is 4. The lowest BCUT2D eigenvalue weighted by molar-refractivity contribution is -0.917. The highest BCUT2D eigenvalue weighted by Crippen LogP contribution is 2.20. The SMILES string of the molecule is CCCCCCCCCCCCCCCCC[C@H]1OC[C@H](COC(=O)CCCCC[N+]2(C)CCOCC2)O1.Cc1ccc(S(=O)(=O)[O-])cc1. The van der Waals surface area contributed by atoms with Crippen LogP contribution in [0.15, 0.2) is 29.2 Å². The smallest absolute Gasteiger partial charge is 0.305 e. The number of hydrogen-bond donors (Lipinski definition) is 0. The fourth-order valence-corrected chi connectivity index (χ4v) is 6.81. The summed E-state index contributed by atoms with van der Waals surface area (Å²) in [6, 6.07) is 5.78. The molecule has 2 heterocycles. The summed E-state index contributed by atoms with van der Waals surface area (Å²) in [7, 11) is -1.96. The minimum absolute atomic E-state index is 0.105. The first-order chi connectivity index (χ1) is 23.6. The highest BCUT2D eigenvalue weighted by molar-refractivity contribution is 7.85. The zero-order valence-electron chi connectivity index (χ0n) is 31.2. The summed E-state index contributed by atoms with van der Waals surface area (Å²) < 4.78 is 54.9. The van der Waals surface area contributed by atoms with Crippen LogP contribution in [0, 0.1) is 6.92 Å². The first kappa shape index (κ1) is 43.6. The van der Waals surface area contributed by atoms with E-state index in [0.29, 0.717) is 19.6 Å². The van der Waals surface area contributed by atoms with Crippen LogP contribution in [0.5, 0.6) is 0 Å². The van der Waals surface area contributed by atoms with E-state index in [0.717, 1.165) is 68.5 Å². The van der Waals surface area contributed by atoms with Crippen LogP contribution in [-0.4, -0.2) is 88.9 Å². The molecule has 49 heavy (non-hydrogen) atoms. The number of aryl methyl sites for hydroxylation is 1. The van der Waals surface area contributed by atoms with Gasteiger partial charge in [-0.15, -0.1) is 0 Å². The molecule has 0 unspecified atom stereocenters. The van der Waals surface area contributed by atoms with Gasteiger partial charge in [0.05, 0.1) is 38.3 Å². The Bertz CT molecular complexity index is 1080. The number of carbonyl (C=O) groups is 1. The second-order valence-corrected chi connectivity index (χ2v) is 15.8. The number of esters is 1. The summed E-state index contributed by atoms with van der Waals surface area (Å²) in [5, 5.41) is 0. The van der Waals surface area contributed by atoms with Gasteiger partial charge in [0.15, 0.2) is 6.29 Å². The Morgan fingerprint density at radius 2 is 1.35 bits per heavy atom. The Morgan fingerprint density at radius 1 is 0.816 bits per heavy atom. The molecule has 2 saturated heterocycles. The molecule has 0 amide bonds. The maximum Gasteiger partial charge on any atom is 0.305 e. The van der Waals surface area contributed by atoms with Gasteiger partial charge >= 0.3 is 5.97 Å². The van der Waals surface area contributed by atoms with Gasteiger partial charge in [0, 0.05) is 6.42 Å². The molecule has 1 aromatic carbocycles. The molecule has 2 aliphatic rings. The summed E-state index contributed by atoms with van der Waals surface area (Å²) in [6.07, 6.45) is 25.0. The summed E-state index contributed by atoms with van der Waals surface area (Å²) in [6.45, 7) is 10.1. The van der Waals surface area contributed by atoms with Crippen LogP contribution in [0.3, 0.4) is 0 Å². The van der Waals surface area contributed by atoms with E-state index < -0.39 is 10.1 Å². The summed E-state index contributed by atoms with van der Waals surface area (Å²) in [5.41, 5.74) is 0.928. The van der Waals surface area contributed by atoms with Gasteiger partial charge in [0.1, 0.15) is 35.9 Å². The van der Waals surface area contributed by atoms with Gasteiger partial charge in [0.2, 0.25) is 0 Å². The second kappa shape index (κ2) is 26.2. The topological polar surface area (TPSA) is 111 Å². The molecule has 1 aromatic rings. The van der Waals surface area contributed by atoms with Crippen molar-refractivity contribution in [2.45, 2.75) is 160 Å². The van der Waals surface area contributed by atoms with Crippen LogP contribution in [0.25, 0.3) is 0 Å². The molecule has 0 radical (unpaired) electrons. The average Bonchev–Trinajstić information content (AvgIpc) is 3.53. The second-order valence-electron chi connectivity index (χ2n) is 14.4. The van der Waals surface area contributed by atoms with Crippen molar-refractivity contribution in [3.63, 3.8) is 0 Å². The molecule has 0 aromatic heterocycles. The Balaban J connectivity index is 0.000000639. The van der Waals surface area contributed by atoms with Crippen LogP contribution in [-0.2, 0) is 33.9 Å².